The molecule has 5 heteroatoms. The molecular weight excluding hydrogens is 272 g/mol. The van der Waals surface area contributed by atoms with E-state index in [4.69, 9.17) is 23.7 Å². The number of hydrogen-bond donors (Lipinski definition) is 0. The third kappa shape index (κ3) is 3.31. The Morgan fingerprint density at radius 2 is 0.952 bits per heavy atom. The Kier molecular flexibility index (Phi) is 4.77. The Hall–Kier alpha value is -2.56. The molecular formula is C16H18O5. The van der Waals surface area contributed by atoms with Crippen molar-refractivity contribution >= 4 is 0 Å². The molecule has 0 aliphatic carbocycles. The molecule has 0 saturated heterocycles. The zero-order valence-corrected chi connectivity index (χ0v) is 12.5. The van der Waals surface area contributed by atoms with Crippen molar-refractivity contribution in [2.75, 3.05) is 28.4 Å². The number of methoxy groups -OCH3 is 4. The van der Waals surface area contributed by atoms with Gasteiger partial charge in [0.1, 0.15) is 11.5 Å². The third-order valence-corrected chi connectivity index (χ3v) is 2.96. The lowest BCUT2D eigenvalue weighted by Gasteiger charge is -2.14. The van der Waals surface area contributed by atoms with Crippen molar-refractivity contribution in [3.05, 3.63) is 36.4 Å². The largest absolute Gasteiger partial charge is 0.497 e. The van der Waals surface area contributed by atoms with Crippen LogP contribution in [0.3, 0.4) is 0 Å². The van der Waals surface area contributed by atoms with E-state index in [9.17, 15) is 0 Å². The number of rotatable bonds is 6. The molecule has 2 aromatic carbocycles. The molecule has 0 heterocycles. The first kappa shape index (κ1) is 14.8. The minimum Gasteiger partial charge on any atom is -0.497 e. The van der Waals surface area contributed by atoms with Gasteiger partial charge in [0.25, 0.3) is 0 Å². The van der Waals surface area contributed by atoms with Crippen LogP contribution in [0.4, 0.5) is 0 Å². The lowest BCUT2D eigenvalue weighted by molar-refractivity contribution is 0.348. The highest BCUT2D eigenvalue weighted by Crippen LogP contribution is 2.39. The van der Waals surface area contributed by atoms with Gasteiger partial charge in [0, 0.05) is 12.1 Å². The summed E-state index contributed by atoms with van der Waals surface area (Å²) in [6.07, 6.45) is 0. The molecule has 0 aliphatic rings. The SMILES string of the molecule is COc1ccc(Oc2ccc(OC)cc2OC)c(OC)c1. The topological polar surface area (TPSA) is 46.2 Å². The number of ether oxygens (including phenoxy) is 5. The van der Waals surface area contributed by atoms with Crippen LogP contribution in [0.1, 0.15) is 0 Å². The lowest BCUT2D eigenvalue weighted by Crippen LogP contribution is -1.94. The fraction of sp³-hybridized carbons (Fsp3) is 0.250. The zero-order valence-electron chi connectivity index (χ0n) is 12.5. The highest BCUT2D eigenvalue weighted by molar-refractivity contribution is 5.51. The summed E-state index contributed by atoms with van der Waals surface area (Å²) in [5.74, 6) is 3.68. The standard InChI is InChI=1S/C16H18O5/c1-17-11-5-7-13(15(9-11)19-3)21-14-8-6-12(18-2)10-16(14)20-4/h5-10H,1-4H3. The zero-order chi connectivity index (χ0) is 15.2. The van der Waals surface area contributed by atoms with E-state index in [1.807, 2.05) is 0 Å². The molecule has 0 unspecified atom stereocenters. The van der Waals surface area contributed by atoms with Crippen LogP contribution in [0.15, 0.2) is 36.4 Å². The van der Waals surface area contributed by atoms with E-state index in [1.54, 1.807) is 64.8 Å². The van der Waals surface area contributed by atoms with Crippen LogP contribution in [-0.4, -0.2) is 28.4 Å². The maximum absolute atomic E-state index is 5.86. The van der Waals surface area contributed by atoms with E-state index >= 15 is 0 Å². The summed E-state index contributed by atoms with van der Waals surface area (Å²) in [7, 11) is 6.35. The van der Waals surface area contributed by atoms with Crippen molar-refractivity contribution in [2.24, 2.45) is 0 Å². The van der Waals surface area contributed by atoms with Crippen LogP contribution >= 0.6 is 0 Å². The quantitative estimate of drug-likeness (QED) is 0.814. The average molecular weight is 290 g/mol. The Labute approximate surface area is 124 Å². The lowest BCUT2D eigenvalue weighted by atomic mass is 10.2. The summed E-state index contributed by atoms with van der Waals surface area (Å²) in [5.41, 5.74) is 0. The Bertz CT molecular complexity index is 556. The molecule has 0 spiro atoms. The van der Waals surface area contributed by atoms with Crippen molar-refractivity contribution in [2.45, 2.75) is 0 Å². The fourth-order valence-corrected chi connectivity index (χ4v) is 1.84. The second kappa shape index (κ2) is 6.74. The molecule has 0 fully saturated rings. The molecule has 0 N–H and O–H groups in total. The molecule has 21 heavy (non-hydrogen) atoms. The second-order valence-electron chi connectivity index (χ2n) is 4.14. The molecule has 0 saturated carbocycles. The Morgan fingerprint density at radius 3 is 1.29 bits per heavy atom. The summed E-state index contributed by atoms with van der Waals surface area (Å²) in [6, 6.07) is 10.7. The predicted molar refractivity (Wildman–Crippen MR) is 79.2 cm³/mol. The molecule has 2 aromatic rings. The van der Waals surface area contributed by atoms with E-state index in [1.165, 1.54) is 0 Å². The van der Waals surface area contributed by atoms with Gasteiger partial charge in [-0.15, -0.1) is 0 Å². The van der Waals surface area contributed by atoms with Gasteiger partial charge in [0.05, 0.1) is 28.4 Å². The molecule has 0 aromatic heterocycles. The van der Waals surface area contributed by atoms with Crippen molar-refractivity contribution in [3.8, 4) is 34.5 Å². The second-order valence-corrected chi connectivity index (χ2v) is 4.14. The van der Waals surface area contributed by atoms with Crippen LogP contribution in [0.5, 0.6) is 34.5 Å². The summed E-state index contributed by atoms with van der Waals surface area (Å²) < 4.78 is 26.8. The van der Waals surface area contributed by atoms with E-state index in [0.717, 1.165) is 0 Å². The summed E-state index contributed by atoms with van der Waals surface area (Å²) >= 11 is 0. The van der Waals surface area contributed by atoms with E-state index in [2.05, 4.69) is 0 Å². The molecule has 0 atom stereocenters. The van der Waals surface area contributed by atoms with Crippen molar-refractivity contribution < 1.29 is 23.7 Å². The maximum Gasteiger partial charge on any atom is 0.169 e. The third-order valence-electron chi connectivity index (χ3n) is 2.96. The van der Waals surface area contributed by atoms with E-state index < -0.39 is 0 Å². The number of hydrogen-bond acceptors (Lipinski definition) is 5. The summed E-state index contributed by atoms with van der Waals surface area (Å²) in [4.78, 5) is 0. The van der Waals surface area contributed by atoms with Crippen molar-refractivity contribution in [3.63, 3.8) is 0 Å². The number of benzene rings is 2. The summed E-state index contributed by atoms with van der Waals surface area (Å²) in [6.45, 7) is 0. The molecule has 2 rings (SSSR count). The first-order valence-electron chi connectivity index (χ1n) is 6.33. The predicted octanol–water partition coefficient (Wildman–Crippen LogP) is 3.51. The first-order chi connectivity index (χ1) is 10.2. The van der Waals surface area contributed by atoms with Gasteiger partial charge in [-0.25, -0.2) is 0 Å². The van der Waals surface area contributed by atoms with Gasteiger partial charge in [-0.1, -0.05) is 0 Å². The fourth-order valence-electron chi connectivity index (χ4n) is 1.84. The Morgan fingerprint density at radius 1 is 0.524 bits per heavy atom. The van der Waals surface area contributed by atoms with Gasteiger partial charge in [-0.2, -0.15) is 0 Å². The van der Waals surface area contributed by atoms with Gasteiger partial charge >= 0.3 is 0 Å². The minimum atomic E-state index is 0.571. The van der Waals surface area contributed by atoms with Gasteiger partial charge in [-0.3, -0.25) is 0 Å². The monoisotopic (exact) mass is 290 g/mol. The van der Waals surface area contributed by atoms with Gasteiger partial charge in [0.15, 0.2) is 23.0 Å². The molecule has 0 bridgehead atoms. The minimum absolute atomic E-state index is 0.571. The van der Waals surface area contributed by atoms with Gasteiger partial charge in [0.2, 0.25) is 0 Å². The summed E-state index contributed by atoms with van der Waals surface area (Å²) in [5, 5.41) is 0. The van der Waals surface area contributed by atoms with Crippen LogP contribution in [0, 0.1) is 0 Å². The van der Waals surface area contributed by atoms with Crippen molar-refractivity contribution in [1.82, 2.24) is 0 Å². The highest BCUT2D eigenvalue weighted by atomic mass is 16.5. The van der Waals surface area contributed by atoms with Crippen LogP contribution in [0.25, 0.3) is 0 Å². The first-order valence-corrected chi connectivity index (χ1v) is 6.33. The Balaban J connectivity index is 2.33. The smallest absolute Gasteiger partial charge is 0.169 e. The van der Waals surface area contributed by atoms with Gasteiger partial charge in [-0.05, 0) is 24.3 Å². The van der Waals surface area contributed by atoms with Crippen molar-refractivity contribution in [1.29, 1.82) is 0 Å². The van der Waals surface area contributed by atoms with Crippen LogP contribution in [0.2, 0.25) is 0 Å². The molecule has 0 aliphatic heterocycles. The highest BCUT2D eigenvalue weighted by Gasteiger charge is 2.11. The van der Waals surface area contributed by atoms with Crippen LogP contribution < -0.4 is 23.7 Å². The molecule has 0 radical (unpaired) electrons. The normalized spacial score (nSPS) is 9.90. The molecule has 0 amide bonds. The van der Waals surface area contributed by atoms with E-state index in [-0.39, 0.29) is 0 Å². The van der Waals surface area contributed by atoms with E-state index in [0.29, 0.717) is 34.5 Å². The van der Waals surface area contributed by atoms with Crippen LogP contribution in [-0.2, 0) is 0 Å². The molecule has 112 valence electrons. The average Bonchev–Trinajstić information content (AvgIpc) is 2.55. The van der Waals surface area contributed by atoms with Gasteiger partial charge < -0.3 is 23.7 Å². The molecule has 5 nitrogen and oxygen atoms in total. The maximum atomic E-state index is 5.86.